The molecule has 1 aromatic carbocycles. The van der Waals surface area contributed by atoms with E-state index >= 15 is 0 Å². The van der Waals surface area contributed by atoms with Crippen molar-refractivity contribution in [1.82, 2.24) is 0 Å². The van der Waals surface area contributed by atoms with E-state index in [4.69, 9.17) is 15.9 Å². The topological polar surface area (TPSA) is 121 Å². The zero-order chi connectivity index (χ0) is 15.3. The van der Waals surface area contributed by atoms with Gasteiger partial charge in [-0.15, -0.1) is 0 Å². The van der Waals surface area contributed by atoms with E-state index in [1.54, 1.807) is 0 Å². The number of carbonyl (C=O) groups is 3. The van der Waals surface area contributed by atoms with E-state index in [1.807, 2.05) is 0 Å². The van der Waals surface area contributed by atoms with Crippen molar-refractivity contribution in [3.05, 3.63) is 29.8 Å². The van der Waals surface area contributed by atoms with Crippen molar-refractivity contribution in [2.24, 2.45) is 5.73 Å². The average Bonchev–Trinajstić information content (AvgIpc) is 2.43. The fourth-order valence-corrected chi connectivity index (χ4v) is 1.61. The number of anilines is 1. The Morgan fingerprint density at radius 3 is 2.20 bits per heavy atom. The van der Waals surface area contributed by atoms with Gasteiger partial charge in [0, 0.05) is 19.2 Å². The highest BCUT2D eigenvalue weighted by molar-refractivity contribution is 5.97. The normalized spacial score (nSPS) is 11.7. The summed E-state index contributed by atoms with van der Waals surface area (Å²) in [6.07, 6.45) is -0.135. The molecule has 0 aliphatic heterocycles. The average molecular weight is 280 g/mol. The van der Waals surface area contributed by atoms with Crippen molar-refractivity contribution in [2.45, 2.75) is 18.9 Å². The van der Waals surface area contributed by atoms with E-state index in [0.717, 1.165) is 0 Å². The van der Waals surface area contributed by atoms with Crippen molar-refractivity contribution in [2.75, 3.05) is 11.9 Å². The van der Waals surface area contributed by atoms with E-state index in [9.17, 15) is 14.4 Å². The highest BCUT2D eigenvalue weighted by atomic mass is 16.4. The van der Waals surface area contributed by atoms with E-state index < -0.39 is 23.9 Å². The van der Waals surface area contributed by atoms with Gasteiger partial charge in [0.1, 0.15) is 0 Å². The molecule has 4 N–H and O–H groups in total. The summed E-state index contributed by atoms with van der Waals surface area (Å²) in [6.45, 7) is 0. The number of aliphatic carboxylic acids is 1. The van der Waals surface area contributed by atoms with Crippen LogP contribution < -0.4 is 10.6 Å². The number of likely N-dealkylation sites (N-methyl/N-ethyl adjacent to an activating group) is 1. The lowest BCUT2D eigenvalue weighted by atomic mass is 10.1. The minimum absolute atomic E-state index is 0.0473. The largest absolute Gasteiger partial charge is 0.481 e. The van der Waals surface area contributed by atoms with Crippen molar-refractivity contribution in [1.29, 1.82) is 0 Å². The number of hydrogen-bond donors (Lipinski definition) is 3. The van der Waals surface area contributed by atoms with Crippen molar-refractivity contribution in [3.8, 4) is 0 Å². The van der Waals surface area contributed by atoms with Crippen LogP contribution in [0.1, 0.15) is 23.2 Å². The Kier molecular flexibility index (Phi) is 5.22. The van der Waals surface area contributed by atoms with Gasteiger partial charge in [0.05, 0.1) is 11.6 Å². The molecule has 7 nitrogen and oxygen atoms in total. The minimum atomic E-state index is -1.05. The Balaban J connectivity index is 2.73. The van der Waals surface area contributed by atoms with Gasteiger partial charge in [-0.2, -0.15) is 0 Å². The fourth-order valence-electron chi connectivity index (χ4n) is 1.61. The summed E-state index contributed by atoms with van der Waals surface area (Å²) in [4.78, 5) is 34.4. The predicted octanol–water partition coefficient (Wildman–Crippen LogP) is 0.540. The van der Waals surface area contributed by atoms with Gasteiger partial charge >= 0.3 is 11.9 Å². The Morgan fingerprint density at radius 2 is 1.75 bits per heavy atom. The van der Waals surface area contributed by atoms with E-state index in [-0.39, 0.29) is 18.4 Å². The summed E-state index contributed by atoms with van der Waals surface area (Å²) in [5.74, 6) is -2.49. The van der Waals surface area contributed by atoms with Crippen LogP contribution in [-0.2, 0) is 9.59 Å². The van der Waals surface area contributed by atoms with Crippen LogP contribution in [-0.4, -0.2) is 41.1 Å². The molecule has 0 fully saturated rings. The van der Waals surface area contributed by atoms with E-state index in [2.05, 4.69) is 0 Å². The second-order valence-corrected chi connectivity index (χ2v) is 4.29. The number of carbonyl (C=O) groups excluding carboxylic acids is 1. The van der Waals surface area contributed by atoms with Gasteiger partial charge in [0.25, 0.3) is 0 Å². The predicted molar refractivity (Wildman–Crippen MR) is 71.7 cm³/mol. The molecule has 0 aliphatic rings. The van der Waals surface area contributed by atoms with Gasteiger partial charge in [0.2, 0.25) is 5.91 Å². The highest BCUT2D eigenvalue weighted by Gasteiger charge is 2.20. The third-order valence-electron chi connectivity index (χ3n) is 2.82. The molecule has 0 radical (unpaired) electrons. The van der Waals surface area contributed by atoms with Crippen molar-refractivity contribution < 1.29 is 24.6 Å². The molecule has 0 aliphatic carbocycles. The number of hydrogen-bond acceptors (Lipinski definition) is 4. The molecule has 7 heteroatoms. The lowest BCUT2D eigenvalue weighted by Crippen LogP contribution is -2.42. The Bertz CT molecular complexity index is 512. The first kappa shape index (κ1) is 15.6. The number of nitrogens with zero attached hydrogens (tertiary/aromatic N) is 1. The molecule has 108 valence electrons. The Morgan fingerprint density at radius 1 is 1.20 bits per heavy atom. The first-order chi connectivity index (χ1) is 9.32. The van der Waals surface area contributed by atoms with Gasteiger partial charge in [-0.05, 0) is 30.7 Å². The first-order valence-corrected chi connectivity index (χ1v) is 5.91. The molecular weight excluding hydrogens is 264 g/mol. The van der Waals surface area contributed by atoms with Gasteiger partial charge in [-0.3, -0.25) is 9.59 Å². The smallest absolute Gasteiger partial charge is 0.335 e. The van der Waals surface area contributed by atoms with E-state index in [0.29, 0.717) is 5.69 Å². The molecular formula is C13H16N2O5. The molecule has 0 aromatic heterocycles. The Labute approximate surface area is 115 Å². The fraction of sp³-hybridized carbons (Fsp3) is 0.308. The number of amides is 1. The molecule has 1 amide bonds. The molecule has 20 heavy (non-hydrogen) atoms. The Hall–Kier alpha value is -2.41. The van der Waals surface area contributed by atoms with Crippen LogP contribution in [0.3, 0.4) is 0 Å². The number of benzene rings is 1. The molecule has 1 rings (SSSR count). The molecule has 1 aromatic rings. The van der Waals surface area contributed by atoms with Crippen LogP contribution in [0.15, 0.2) is 24.3 Å². The second-order valence-electron chi connectivity index (χ2n) is 4.29. The summed E-state index contributed by atoms with van der Waals surface area (Å²) >= 11 is 0. The zero-order valence-corrected chi connectivity index (χ0v) is 10.9. The zero-order valence-electron chi connectivity index (χ0n) is 10.9. The summed E-state index contributed by atoms with van der Waals surface area (Å²) in [5, 5.41) is 17.3. The third-order valence-corrected chi connectivity index (χ3v) is 2.82. The summed E-state index contributed by atoms with van der Waals surface area (Å²) in [7, 11) is 1.50. The molecule has 0 saturated heterocycles. The first-order valence-electron chi connectivity index (χ1n) is 5.91. The van der Waals surface area contributed by atoms with Gasteiger partial charge < -0.3 is 20.8 Å². The second kappa shape index (κ2) is 6.67. The quantitative estimate of drug-likeness (QED) is 0.699. The maximum atomic E-state index is 12.0. The highest BCUT2D eigenvalue weighted by Crippen LogP contribution is 2.15. The third kappa shape index (κ3) is 4.06. The SMILES string of the molecule is CN(C(=O)C(N)CCC(=O)O)c1ccc(C(=O)O)cc1. The maximum Gasteiger partial charge on any atom is 0.335 e. The van der Waals surface area contributed by atoms with Gasteiger partial charge in [0.15, 0.2) is 0 Å². The van der Waals surface area contributed by atoms with Crippen LogP contribution in [0.5, 0.6) is 0 Å². The number of rotatable bonds is 6. The summed E-state index contributed by atoms with van der Waals surface area (Å²) in [6, 6.07) is 4.83. The monoisotopic (exact) mass is 280 g/mol. The molecule has 0 spiro atoms. The summed E-state index contributed by atoms with van der Waals surface area (Å²) in [5.41, 5.74) is 6.24. The van der Waals surface area contributed by atoms with Crippen molar-refractivity contribution in [3.63, 3.8) is 0 Å². The van der Waals surface area contributed by atoms with Crippen LogP contribution in [0.4, 0.5) is 5.69 Å². The maximum absolute atomic E-state index is 12.0. The molecule has 0 bridgehead atoms. The number of aromatic carboxylic acids is 1. The molecule has 1 atom stereocenters. The van der Waals surface area contributed by atoms with Crippen LogP contribution in [0.2, 0.25) is 0 Å². The number of nitrogens with two attached hydrogens (primary N) is 1. The number of carboxylic acids is 2. The summed E-state index contributed by atoms with van der Waals surface area (Å²) < 4.78 is 0. The standard InChI is InChI=1S/C13H16N2O5/c1-15(12(18)10(14)6-7-11(16)17)9-4-2-8(3-5-9)13(19)20/h2-5,10H,6-7,14H2,1H3,(H,16,17)(H,19,20). The van der Waals surface area contributed by atoms with Crippen LogP contribution in [0.25, 0.3) is 0 Å². The minimum Gasteiger partial charge on any atom is -0.481 e. The van der Waals surface area contributed by atoms with Crippen LogP contribution in [0, 0.1) is 0 Å². The lowest BCUT2D eigenvalue weighted by Gasteiger charge is -2.21. The van der Waals surface area contributed by atoms with Gasteiger partial charge in [-0.25, -0.2) is 4.79 Å². The van der Waals surface area contributed by atoms with Crippen molar-refractivity contribution >= 4 is 23.5 Å². The lowest BCUT2D eigenvalue weighted by molar-refractivity contribution is -0.137. The number of carboxylic acid groups (broad SMARTS) is 2. The molecule has 0 heterocycles. The van der Waals surface area contributed by atoms with E-state index in [1.165, 1.54) is 36.2 Å². The van der Waals surface area contributed by atoms with Gasteiger partial charge in [-0.1, -0.05) is 0 Å². The van der Waals surface area contributed by atoms with Crippen LogP contribution >= 0.6 is 0 Å². The molecule has 0 saturated carbocycles. The molecule has 1 unspecified atom stereocenters.